The Morgan fingerprint density at radius 3 is 1.92 bits per heavy atom. The monoisotopic (exact) mass is 525 g/mol. The first-order valence-electron chi connectivity index (χ1n) is 12.8. The van der Waals surface area contributed by atoms with E-state index in [-0.39, 0.29) is 33.6 Å². The van der Waals surface area contributed by atoms with Gasteiger partial charge in [0, 0.05) is 11.0 Å². The fourth-order valence-electron chi connectivity index (χ4n) is 4.91. The Kier molecular flexibility index (Phi) is 8.02. The van der Waals surface area contributed by atoms with Crippen LogP contribution in [-0.2, 0) is 17.0 Å². The molecule has 0 aliphatic heterocycles. The Balaban J connectivity index is 2.21. The minimum atomic E-state index is -4.54. The molecule has 0 aliphatic carbocycles. The fraction of sp³-hybridized carbons (Fsp3) is 0.419. The van der Waals surface area contributed by atoms with Crippen LogP contribution in [0.3, 0.4) is 0 Å². The van der Waals surface area contributed by atoms with Gasteiger partial charge in [0.05, 0.1) is 11.3 Å². The van der Waals surface area contributed by atoms with Gasteiger partial charge in [0.25, 0.3) is 0 Å². The normalized spacial score (nSPS) is 13.3. The molecule has 204 valence electrons. The van der Waals surface area contributed by atoms with Crippen LogP contribution in [0.5, 0.6) is 5.75 Å². The highest BCUT2D eigenvalue weighted by molar-refractivity contribution is 5.65. The number of nitrogen functional groups attached to an aromatic ring is 1. The number of rotatable bonds is 8. The van der Waals surface area contributed by atoms with E-state index in [2.05, 4.69) is 44.8 Å². The maximum Gasteiger partial charge on any atom is 0.416 e. The van der Waals surface area contributed by atoms with Crippen molar-refractivity contribution in [2.45, 2.75) is 78.3 Å². The van der Waals surface area contributed by atoms with Crippen molar-refractivity contribution in [3.05, 3.63) is 82.9 Å². The van der Waals surface area contributed by atoms with E-state index >= 15 is 0 Å². The van der Waals surface area contributed by atoms with Crippen LogP contribution in [0.1, 0.15) is 83.6 Å². The molecule has 3 aromatic carbocycles. The lowest BCUT2D eigenvalue weighted by Crippen LogP contribution is -2.27. The molecule has 0 saturated carbocycles. The summed E-state index contributed by atoms with van der Waals surface area (Å²) >= 11 is 0. The van der Waals surface area contributed by atoms with Crippen molar-refractivity contribution in [2.24, 2.45) is 15.6 Å². The van der Waals surface area contributed by atoms with Gasteiger partial charge >= 0.3 is 6.18 Å². The van der Waals surface area contributed by atoms with Crippen LogP contribution in [-0.4, -0.2) is 5.11 Å². The largest absolute Gasteiger partial charge is 0.505 e. The van der Waals surface area contributed by atoms with Crippen molar-refractivity contribution in [3.63, 3.8) is 0 Å². The molecule has 0 fully saturated rings. The van der Waals surface area contributed by atoms with Gasteiger partial charge in [-0.2, -0.15) is 13.2 Å². The number of alkyl halides is 3. The van der Waals surface area contributed by atoms with Crippen LogP contribution in [0.2, 0.25) is 0 Å². The molecule has 0 saturated heterocycles. The number of phenols is 1. The quantitative estimate of drug-likeness (QED) is 0.227. The molecule has 0 heterocycles. The summed E-state index contributed by atoms with van der Waals surface area (Å²) in [5.74, 6) is -0.0672. The van der Waals surface area contributed by atoms with Crippen molar-refractivity contribution in [1.82, 2.24) is 0 Å². The molecule has 0 aliphatic rings. The van der Waals surface area contributed by atoms with Gasteiger partial charge in [-0.05, 0) is 52.6 Å². The minimum Gasteiger partial charge on any atom is -0.505 e. The number of nitrogens with zero attached hydrogens (tertiary/aromatic N) is 2. The first kappa shape index (κ1) is 29.2. The zero-order chi connectivity index (χ0) is 28.5. The van der Waals surface area contributed by atoms with E-state index in [1.807, 2.05) is 50.2 Å². The number of benzene rings is 3. The van der Waals surface area contributed by atoms with Gasteiger partial charge in [-0.3, -0.25) is 0 Å². The number of halogens is 3. The first-order valence-corrected chi connectivity index (χ1v) is 12.8. The maximum absolute atomic E-state index is 13.3. The Morgan fingerprint density at radius 2 is 1.34 bits per heavy atom. The molecule has 38 heavy (non-hydrogen) atoms. The van der Waals surface area contributed by atoms with Gasteiger partial charge in [-0.1, -0.05) is 91.3 Å². The minimum absolute atomic E-state index is 0.0623. The molecule has 0 bridgehead atoms. The van der Waals surface area contributed by atoms with Crippen molar-refractivity contribution in [1.29, 1.82) is 0 Å². The second-order valence-corrected chi connectivity index (χ2v) is 11.9. The van der Waals surface area contributed by atoms with Crippen LogP contribution < -0.4 is 5.73 Å². The smallest absolute Gasteiger partial charge is 0.416 e. The van der Waals surface area contributed by atoms with Gasteiger partial charge < -0.3 is 10.8 Å². The van der Waals surface area contributed by atoms with Crippen LogP contribution in [0.25, 0.3) is 0 Å². The average Bonchev–Trinajstić information content (AvgIpc) is 2.83. The maximum atomic E-state index is 13.3. The van der Waals surface area contributed by atoms with Gasteiger partial charge in [-0.25, -0.2) is 0 Å². The molecule has 0 atom stereocenters. The van der Waals surface area contributed by atoms with Crippen molar-refractivity contribution >= 4 is 17.1 Å². The second-order valence-electron chi connectivity index (χ2n) is 11.9. The highest BCUT2D eigenvalue weighted by atomic mass is 19.4. The number of hydrogen-bond donors (Lipinski definition) is 2. The predicted octanol–water partition coefficient (Wildman–Crippen LogP) is 9.84. The fourth-order valence-corrected chi connectivity index (χ4v) is 4.91. The number of azo groups is 1. The van der Waals surface area contributed by atoms with Gasteiger partial charge in [-0.15, -0.1) is 10.2 Å². The molecule has 7 heteroatoms. The predicted molar refractivity (Wildman–Crippen MR) is 148 cm³/mol. The van der Waals surface area contributed by atoms with Crippen molar-refractivity contribution < 1.29 is 18.3 Å². The van der Waals surface area contributed by atoms with Crippen LogP contribution >= 0.6 is 0 Å². The summed E-state index contributed by atoms with van der Waals surface area (Å²) < 4.78 is 39.8. The van der Waals surface area contributed by atoms with Crippen LogP contribution in [0, 0.1) is 5.41 Å². The lowest BCUT2D eigenvalue weighted by atomic mass is 9.68. The highest BCUT2D eigenvalue weighted by Gasteiger charge is 2.34. The molecule has 3 rings (SSSR count). The number of hydrogen-bond acceptors (Lipinski definition) is 4. The van der Waals surface area contributed by atoms with E-state index in [0.717, 1.165) is 42.2 Å². The summed E-state index contributed by atoms with van der Waals surface area (Å²) in [5, 5.41) is 19.7. The number of anilines is 1. The molecular formula is C31H38F3N3O. The molecular weight excluding hydrogens is 487 g/mol. The Morgan fingerprint density at radius 1 is 0.763 bits per heavy atom. The summed E-state index contributed by atoms with van der Waals surface area (Å²) in [6.45, 7) is 15.0. The van der Waals surface area contributed by atoms with E-state index in [1.54, 1.807) is 6.07 Å². The number of phenolic OH excluding ortho intramolecular Hbond substituents is 1. The SMILES string of the molecule is CCC(C)(C)CC(C)(C)c1cc(/N=N/c2cc(C(F)(F)F)ccc2N)c(O)c(C(C)(C)c2ccccc2)c1. The third kappa shape index (κ3) is 6.37. The van der Waals surface area contributed by atoms with E-state index in [4.69, 9.17) is 5.73 Å². The first-order chi connectivity index (χ1) is 17.5. The topological polar surface area (TPSA) is 71.0 Å². The lowest BCUT2D eigenvalue weighted by Gasteiger charge is -2.36. The summed E-state index contributed by atoms with van der Waals surface area (Å²) in [5.41, 5.74) is 7.00. The standard InChI is InChI=1S/C31H38F3N3O/c1-8-28(2,3)19-29(4,5)22-16-23(30(6,7)20-12-10-9-11-13-20)27(38)26(18-22)37-36-25-17-21(31(32,33)34)14-15-24(25)35/h9-18,38H,8,19,35H2,1-7H3/b37-36+. The summed E-state index contributed by atoms with van der Waals surface area (Å²) in [6.07, 6.45) is -2.66. The molecule has 0 radical (unpaired) electrons. The number of nitrogens with two attached hydrogens (primary N) is 1. The Bertz CT molecular complexity index is 1310. The second kappa shape index (κ2) is 10.4. The lowest BCUT2D eigenvalue weighted by molar-refractivity contribution is -0.137. The average molecular weight is 526 g/mol. The zero-order valence-electron chi connectivity index (χ0n) is 23.2. The van der Waals surface area contributed by atoms with Crippen molar-refractivity contribution in [3.8, 4) is 5.75 Å². The van der Waals surface area contributed by atoms with Gasteiger partial charge in [0.2, 0.25) is 0 Å². The molecule has 0 aromatic heterocycles. The van der Waals surface area contributed by atoms with E-state index in [1.165, 1.54) is 0 Å². The third-order valence-electron chi connectivity index (χ3n) is 7.54. The molecule has 0 unspecified atom stereocenters. The summed E-state index contributed by atoms with van der Waals surface area (Å²) in [6, 6.07) is 16.6. The summed E-state index contributed by atoms with van der Waals surface area (Å²) in [4.78, 5) is 0. The van der Waals surface area contributed by atoms with E-state index < -0.39 is 17.2 Å². The zero-order valence-corrected chi connectivity index (χ0v) is 23.2. The molecule has 3 N–H and O–H groups in total. The van der Waals surface area contributed by atoms with Crippen LogP contribution in [0.4, 0.5) is 30.2 Å². The third-order valence-corrected chi connectivity index (χ3v) is 7.54. The molecule has 3 aromatic rings. The highest BCUT2D eigenvalue weighted by Crippen LogP contribution is 2.47. The van der Waals surface area contributed by atoms with Gasteiger partial charge in [0.1, 0.15) is 17.1 Å². The van der Waals surface area contributed by atoms with Crippen LogP contribution in [0.15, 0.2) is 70.9 Å². The van der Waals surface area contributed by atoms with Gasteiger partial charge in [0.15, 0.2) is 0 Å². The molecule has 0 amide bonds. The molecule has 0 spiro atoms. The Hall–Kier alpha value is -3.35. The Labute approximate surface area is 223 Å². The van der Waals surface area contributed by atoms with Crippen molar-refractivity contribution in [2.75, 3.05) is 5.73 Å². The number of aromatic hydroxyl groups is 1. The van der Waals surface area contributed by atoms with E-state index in [9.17, 15) is 18.3 Å². The van der Waals surface area contributed by atoms with E-state index in [0.29, 0.717) is 5.56 Å². The molecule has 4 nitrogen and oxygen atoms in total. The summed E-state index contributed by atoms with van der Waals surface area (Å²) in [7, 11) is 0.